The summed E-state index contributed by atoms with van der Waals surface area (Å²) in [6.07, 6.45) is 6.90. The van der Waals surface area contributed by atoms with Crippen LogP contribution in [-0.4, -0.2) is 41.7 Å². The van der Waals surface area contributed by atoms with Crippen LogP contribution in [0.3, 0.4) is 0 Å². The highest BCUT2D eigenvalue weighted by molar-refractivity contribution is 7.89. The van der Waals surface area contributed by atoms with Crippen LogP contribution >= 0.6 is 0 Å². The number of rotatable bonds is 8. The lowest BCUT2D eigenvalue weighted by Crippen LogP contribution is -2.40. The Morgan fingerprint density at radius 3 is 2.23 bits per heavy atom. The highest BCUT2D eigenvalue weighted by Gasteiger charge is 2.27. The lowest BCUT2D eigenvalue weighted by molar-refractivity contribution is 0.0690. The van der Waals surface area contributed by atoms with Gasteiger partial charge < -0.3 is 15.0 Å². The molecule has 0 bridgehead atoms. The zero-order valence-electron chi connectivity index (χ0n) is 24.1. The summed E-state index contributed by atoms with van der Waals surface area (Å²) >= 11 is 0. The quantitative estimate of drug-likeness (QED) is 0.341. The van der Waals surface area contributed by atoms with Gasteiger partial charge in [0, 0.05) is 35.8 Å². The number of carbonyl (C=O) groups excluding carboxylic acids is 1. The van der Waals surface area contributed by atoms with E-state index < -0.39 is 21.2 Å². The number of nitrogens with one attached hydrogen (secondary N) is 2. The van der Waals surface area contributed by atoms with E-state index in [0.29, 0.717) is 17.0 Å². The summed E-state index contributed by atoms with van der Waals surface area (Å²) in [6, 6.07) is 13.0. The minimum Gasteiger partial charge on any atom is -0.389 e. The molecular weight excluding hydrogens is 510 g/mol. The van der Waals surface area contributed by atoms with E-state index in [1.807, 2.05) is 68.8 Å². The Kier molecular flexibility index (Phi) is 8.31. The van der Waals surface area contributed by atoms with Crippen molar-refractivity contribution in [3.63, 3.8) is 0 Å². The average molecular weight is 554 g/mol. The van der Waals surface area contributed by atoms with Crippen LogP contribution in [0, 0.1) is 5.92 Å². The summed E-state index contributed by atoms with van der Waals surface area (Å²) < 4.78 is 31.5. The van der Waals surface area contributed by atoms with Crippen LogP contribution in [0.15, 0.2) is 47.4 Å². The van der Waals surface area contributed by atoms with Crippen molar-refractivity contribution in [2.45, 2.75) is 89.2 Å². The number of nitrogens with zero attached hydrogens (tertiary/aromatic N) is 1. The molecule has 0 spiro atoms. The summed E-state index contributed by atoms with van der Waals surface area (Å²) in [7, 11) is -1.83. The zero-order chi connectivity index (χ0) is 28.6. The molecule has 1 amide bonds. The third kappa shape index (κ3) is 6.91. The van der Waals surface area contributed by atoms with Crippen molar-refractivity contribution in [3.05, 3.63) is 53.9 Å². The Bertz CT molecular complexity index is 1450. The molecule has 1 aromatic heterocycles. The molecule has 4 rings (SSSR count). The number of fused-ring (bicyclic) bond motifs is 1. The summed E-state index contributed by atoms with van der Waals surface area (Å²) in [4.78, 5) is 13.5. The summed E-state index contributed by atoms with van der Waals surface area (Å²) in [5.74, 6) is 0.300. The van der Waals surface area contributed by atoms with Crippen LogP contribution in [0.5, 0.6) is 0 Å². The molecule has 7 nitrogen and oxygen atoms in total. The van der Waals surface area contributed by atoms with Gasteiger partial charge >= 0.3 is 0 Å². The molecule has 8 heteroatoms. The van der Waals surface area contributed by atoms with Crippen molar-refractivity contribution in [3.8, 4) is 11.1 Å². The standard InChI is InChI=1S/C31H43N3O4S/c1-30(2,3)33-39(37,38)28-17-16-23(22-14-10-11-15-24(22)28)25-19-27(29(35)32-20-31(4,5)36)34(6)26(25)18-21-12-8-7-9-13-21/h10-11,14-17,19,21,33,36H,7-9,12-13,18,20H2,1-6H3,(H,32,35). The first-order valence-electron chi connectivity index (χ1n) is 13.9. The molecule has 2 aromatic carbocycles. The van der Waals surface area contributed by atoms with Gasteiger partial charge in [0.25, 0.3) is 5.91 Å². The minimum atomic E-state index is -3.76. The van der Waals surface area contributed by atoms with E-state index in [9.17, 15) is 18.3 Å². The first-order valence-corrected chi connectivity index (χ1v) is 15.4. The monoisotopic (exact) mass is 553 g/mol. The maximum Gasteiger partial charge on any atom is 0.268 e. The van der Waals surface area contributed by atoms with Gasteiger partial charge in [-0.3, -0.25) is 4.79 Å². The van der Waals surface area contributed by atoms with E-state index in [2.05, 4.69) is 10.0 Å². The number of hydrogen-bond donors (Lipinski definition) is 3. The van der Waals surface area contributed by atoms with E-state index in [-0.39, 0.29) is 17.3 Å². The van der Waals surface area contributed by atoms with Gasteiger partial charge in [-0.2, -0.15) is 0 Å². The van der Waals surface area contributed by atoms with Crippen molar-refractivity contribution in [2.24, 2.45) is 13.0 Å². The van der Waals surface area contributed by atoms with Crippen molar-refractivity contribution in [2.75, 3.05) is 6.54 Å². The van der Waals surface area contributed by atoms with E-state index in [0.717, 1.165) is 28.6 Å². The fraction of sp³-hybridized carbons (Fsp3) is 0.516. The SMILES string of the molecule is Cn1c(C(=O)NCC(C)(C)O)cc(-c2ccc(S(=O)(=O)NC(C)(C)C)c3ccccc23)c1CC1CCCCC1. The first kappa shape index (κ1) is 29.3. The van der Waals surface area contributed by atoms with Gasteiger partial charge in [0.05, 0.1) is 10.5 Å². The second kappa shape index (κ2) is 11.1. The number of amides is 1. The van der Waals surface area contributed by atoms with Gasteiger partial charge in [-0.05, 0) is 70.0 Å². The predicted octanol–water partition coefficient (Wildman–Crippen LogP) is 5.55. The summed E-state index contributed by atoms with van der Waals surface area (Å²) in [6.45, 7) is 8.94. The van der Waals surface area contributed by atoms with Crippen molar-refractivity contribution in [1.82, 2.24) is 14.6 Å². The maximum atomic E-state index is 13.4. The van der Waals surface area contributed by atoms with Gasteiger partial charge in [0.1, 0.15) is 5.69 Å². The van der Waals surface area contributed by atoms with Crippen LogP contribution in [-0.2, 0) is 23.5 Å². The van der Waals surface area contributed by atoms with E-state index in [1.165, 1.54) is 32.1 Å². The molecule has 3 N–H and O–H groups in total. The Labute approximate surface area is 233 Å². The predicted molar refractivity (Wildman–Crippen MR) is 157 cm³/mol. The number of hydrogen-bond acceptors (Lipinski definition) is 4. The number of sulfonamides is 1. The second-order valence-corrected chi connectivity index (χ2v) is 14.3. The van der Waals surface area contributed by atoms with Crippen molar-refractivity contribution < 1.29 is 18.3 Å². The van der Waals surface area contributed by atoms with E-state index in [1.54, 1.807) is 19.9 Å². The molecule has 212 valence electrons. The number of benzene rings is 2. The largest absolute Gasteiger partial charge is 0.389 e. The molecule has 0 saturated heterocycles. The Morgan fingerprint density at radius 1 is 0.974 bits per heavy atom. The molecule has 1 saturated carbocycles. The molecule has 0 aliphatic heterocycles. The van der Waals surface area contributed by atoms with Crippen LogP contribution in [0.2, 0.25) is 0 Å². The van der Waals surface area contributed by atoms with Gasteiger partial charge in [0.15, 0.2) is 0 Å². The zero-order valence-corrected chi connectivity index (χ0v) is 24.9. The molecule has 0 radical (unpaired) electrons. The first-order chi connectivity index (χ1) is 18.2. The van der Waals surface area contributed by atoms with Gasteiger partial charge in [-0.1, -0.05) is 62.4 Å². The lowest BCUT2D eigenvalue weighted by Gasteiger charge is -2.23. The third-order valence-electron chi connectivity index (χ3n) is 7.38. The van der Waals surface area contributed by atoms with Crippen LogP contribution in [0.4, 0.5) is 0 Å². The topological polar surface area (TPSA) is 100 Å². The normalized spacial score (nSPS) is 15.6. The lowest BCUT2D eigenvalue weighted by atomic mass is 9.84. The summed E-state index contributed by atoms with van der Waals surface area (Å²) in [5.41, 5.74) is 1.81. The van der Waals surface area contributed by atoms with E-state index >= 15 is 0 Å². The number of aromatic nitrogens is 1. The van der Waals surface area contributed by atoms with Crippen molar-refractivity contribution >= 4 is 26.7 Å². The number of aliphatic hydroxyl groups is 1. The Morgan fingerprint density at radius 2 is 1.62 bits per heavy atom. The Hall–Kier alpha value is -2.68. The second-order valence-electron chi connectivity index (χ2n) is 12.7. The molecule has 0 atom stereocenters. The smallest absolute Gasteiger partial charge is 0.268 e. The molecule has 1 aliphatic carbocycles. The summed E-state index contributed by atoms with van der Waals surface area (Å²) in [5, 5.41) is 14.5. The molecule has 39 heavy (non-hydrogen) atoms. The minimum absolute atomic E-state index is 0.139. The molecular formula is C31H43N3O4S. The molecule has 1 heterocycles. The highest BCUT2D eigenvalue weighted by Crippen LogP contribution is 2.38. The van der Waals surface area contributed by atoms with Crippen LogP contribution in [0.25, 0.3) is 21.9 Å². The van der Waals surface area contributed by atoms with E-state index in [4.69, 9.17) is 0 Å². The highest BCUT2D eigenvalue weighted by atomic mass is 32.2. The molecule has 0 unspecified atom stereocenters. The van der Waals surface area contributed by atoms with Gasteiger partial charge in [-0.25, -0.2) is 13.1 Å². The molecule has 1 fully saturated rings. The molecule has 1 aliphatic rings. The van der Waals surface area contributed by atoms with Crippen LogP contribution < -0.4 is 10.0 Å². The fourth-order valence-electron chi connectivity index (χ4n) is 5.59. The van der Waals surface area contributed by atoms with Gasteiger partial charge in [0.2, 0.25) is 10.0 Å². The Balaban J connectivity index is 1.86. The van der Waals surface area contributed by atoms with Crippen molar-refractivity contribution in [1.29, 1.82) is 0 Å². The fourth-order valence-corrected chi connectivity index (χ4v) is 7.22. The average Bonchev–Trinajstić information content (AvgIpc) is 3.16. The maximum absolute atomic E-state index is 13.4. The number of carbonyl (C=O) groups is 1. The molecule has 3 aromatic rings. The van der Waals surface area contributed by atoms with Crippen LogP contribution in [0.1, 0.15) is 82.9 Å². The third-order valence-corrected chi connectivity index (χ3v) is 9.20. The van der Waals surface area contributed by atoms with Gasteiger partial charge in [-0.15, -0.1) is 0 Å².